The molecule has 0 aliphatic carbocycles. The Morgan fingerprint density at radius 1 is 1.07 bits per heavy atom. The molecule has 4 aromatic rings. The fourth-order valence-electron chi connectivity index (χ4n) is 4.75. The van der Waals surface area contributed by atoms with Crippen LogP contribution in [-0.2, 0) is 16.4 Å². The van der Waals surface area contributed by atoms with Crippen LogP contribution in [0.3, 0.4) is 0 Å². The standard InChI is InChI=1S/C27H24F2N6O4S/c28-19-9-17(10-23-26(19)39-8-5-24(29)40(23,37)38)27(36)32-13-18-11-21-16(12-31-18)3-4-20(33-21)22-14-30-15-25(34-22)35-6-1-2-7-35/h3-4,9-12,14-15,24H,1-2,5-8,13H2,(H,32,36)/t24-/m1/s1. The largest absolute Gasteiger partial charge is 0.489 e. The third-order valence-electron chi connectivity index (χ3n) is 6.88. The smallest absolute Gasteiger partial charge is 0.251 e. The molecule has 0 spiro atoms. The zero-order chi connectivity index (χ0) is 27.9. The molecule has 13 heteroatoms. The Labute approximate surface area is 228 Å². The first-order chi connectivity index (χ1) is 19.3. The second-order valence-corrected chi connectivity index (χ2v) is 11.6. The van der Waals surface area contributed by atoms with Crippen molar-refractivity contribution >= 4 is 32.5 Å². The van der Waals surface area contributed by atoms with E-state index in [1.54, 1.807) is 24.7 Å². The molecule has 0 unspecified atom stereocenters. The van der Waals surface area contributed by atoms with Gasteiger partial charge in [-0.25, -0.2) is 27.2 Å². The monoisotopic (exact) mass is 566 g/mol. The number of aromatic nitrogens is 4. The van der Waals surface area contributed by atoms with Gasteiger partial charge in [-0.05, 0) is 43.2 Å². The minimum atomic E-state index is -4.51. The summed E-state index contributed by atoms with van der Waals surface area (Å²) in [4.78, 5) is 32.4. The number of amides is 1. The third-order valence-corrected chi connectivity index (χ3v) is 8.71. The Morgan fingerprint density at radius 2 is 1.90 bits per heavy atom. The second kappa shape index (κ2) is 10.4. The molecule has 1 amide bonds. The van der Waals surface area contributed by atoms with Crippen LogP contribution in [0.5, 0.6) is 5.75 Å². The molecular weight excluding hydrogens is 542 g/mol. The van der Waals surface area contributed by atoms with Gasteiger partial charge in [-0.3, -0.25) is 14.8 Å². The Balaban J connectivity index is 1.22. The summed E-state index contributed by atoms with van der Waals surface area (Å²) in [5, 5.41) is 3.38. The molecule has 10 nitrogen and oxygen atoms in total. The minimum absolute atomic E-state index is 0.0430. The zero-order valence-electron chi connectivity index (χ0n) is 21.2. The lowest BCUT2D eigenvalue weighted by atomic mass is 10.1. The van der Waals surface area contributed by atoms with Crippen LogP contribution in [0.25, 0.3) is 22.3 Å². The van der Waals surface area contributed by atoms with Crippen LogP contribution in [0.2, 0.25) is 0 Å². The molecule has 2 aliphatic rings. The molecule has 5 heterocycles. The second-order valence-electron chi connectivity index (χ2n) is 9.58. The highest BCUT2D eigenvalue weighted by Gasteiger charge is 2.35. The summed E-state index contributed by atoms with van der Waals surface area (Å²) in [6.45, 7) is 1.55. The molecule has 2 aliphatic heterocycles. The molecular formula is C27H24F2N6O4S. The average molecular weight is 567 g/mol. The number of hydrogen-bond acceptors (Lipinski definition) is 9. The molecule has 0 saturated carbocycles. The van der Waals surface area contributed by atoms with E-state index in [2.05, 4.69) is 20.2 Å². The van der Waals surface area contributed by atoms with Crippen LogP contribution >= 0.6 is 0 Å². The quantitative estimate of drug-likeness (QED) is 0.385. The lowest BCUT2D eigenvalue weighted by Crippen LogP contribution is -2.24. The van der Waals surface area contributed by atoms with Crippen molar-refractivity contribution in [2.24, 2.45) is 0 Å². The van der Waals surface area contributed by atoms with Gasteiger partial charge in [-0.1, -0.05) is 0 Å². The first-order valence-electron chi connectivity index (χ1n) is 12.8. The number of nitrogens with zero attached hydrogens (tertiary/aromatic N) is 5. The van der Waals surface area contributed by atoms with E-state index in [1.807, 2.05) is 12.1 Å². The van der Waals surface area contributed by atoms with Gasteiger partial charge in [0, 0.05) is 36.7 Å². The Bertz CT molecular complexity index is 1730. The van der Waals surface area contributed by atoms with Crippen LogP contribution in [0.1, 0.15) is 35.3 Å². The van der Waals surface area contributed by atoms with Crippen molar-refractivity contribution in [1.29, 1.82) is 0 Å². The number of nitrogens with one attached hydrogen (secondary N) is 1. The van der Waals surface area contributed by atoms with E-state index in [9.17, 15) is 22.0 Å². The topological polar surface area (TPSA) is 127 Å². The van der Waals surface area contributed by atoms with Crippen LogP contribution < -0.4 is 15.0 Å². The van der Waals surface area contributed by atoms with Gasteiger partial charge in [0.05, 0.1) is 42.4 Å². The van der Waals surface area contributed by atoms with Gasteiger partial charge < -0.3 is 15.0 Å². The minimum Gasteiger partial charge on any atom is -0.489 e. The first-order valence-corrected chi connectivity index (χ1v) is 14.3. The number of sulfone groups is 1. The van der Waals surface area contributed by atoms with Crippen molar-refractivity contribution in [2.75, 3.05) is 24.6 Å². The van der Waals surface area contributed by atoms with Crippen LogP contribution in [-0.4, -0.2) is 59.5 Å². The maximum Gasteiger partial charge on any atom is 0.251 e. The fraction of sp³-hybridized carbons (Fsp3) is 0.296. The number of fused-ring (bicyclic) bond motifs is 2. The number of hydrogen-bond donors (Lipinski definition) is 1. The third kappa shape index (κ3) is 4.92. The summed E-state index contributed by atoms with van der Waals surface area (Å²) < 4.78 is 58.9. The lowest BCUT2D eigenvalue weighted by molar-refractivity contribution is 0.0949. The number of carbonyl (C=O) groups excluding carboxylic acids is 1. The predicted octanol–water partition coefficient (Wildman–Crippen LogP) is 3.61. The lowest BCUT2D eigenvalue weighted by Gasteiger charge is -2.16. The Kier molecular flexibility index (Phi) is 6.74. The molecule has 1 aromatic carbocycles. The number of ether oxygens (including phenoxy) is 1. The molecule has 40 heavy (non-hydrogen) atoms. The number of rotatable bonds is 5. The van der Waals surface area contributed by atoms with Gasteiger partial charge in [0.15, 0.2) is 11.6 Å². The van der Waals surface area contributed by atoms with Crippen molar-refractivity contribution in [3.8, 4) is 17.1 Å². The van der Waals surface area contributed by atoms with Crippen molar-refractivity contribution in [2.45, 2.75) is 36.2 Å². The van der Waals surface area contributed by atoms with E-state index in [4.69, 9.17) is 14.7 Å². The zero-order valence-corrected chi connectivity index (χ0v) is 22.0. The summed E-state index contributed by atoms with van der Waals surface area (Å²) in [5.74, 6) is -1.58. The maximum atomic E-state index is 14.6. The molecule has 1 N–H and O–H groups in total. The van der Waals surface area contributed by atoms with Gasteiger partial charge in [0.25, 0.3) is 5.91 Å². The van der Waals surface area contributed by atoms with Crippen molar-refractivity contribution in [3.05, 3.63) is 66.0 Å². The van der Waals surface area contributed by atoms with Crippen LogP contribution in [0.4, 0.5) is 14.6 Å². The number of carbonyl (C=O) groups is 1. The molecule has 0 radical (unpaired) electrons. The summed E-state index contributed by atoms with van der Waals surface area (Å²) >= 11 is 0. The highest BCUT2D eigenvalue weighted by molar-refractivity contribution is 7.92. The Morgan fingerprint density at radius 3 is 2.73 bits per heavy atom. The highest BCUT2D eigenvalue weighted by Crippen LogP contribution is 2.35. The van der Waals surface area contributed by atoms with Gasteiger partial charge in [-0.2, -0.15) is 0 Å². The highest BCUT2D eigenvalue weighted by atomic mass is 32.2. The fourth-order valence-corrected chi connectivity index (χ4v) is 6.13. The van der Waals surface area contributed by atoms with Crippen LogP contribution in [0, 0.1) is 5.82 Å². The molecule has 1 atom stereocenters. The van der Waals surface area contributed by atoms with E-state index in [0.717, 1.165) is 49.3 Å². The van der Waals surface area contributed by atoms with E-state index < -0.39 is 44.1 Å². The van der Waals surface area contributed by atoms with E-state index in [0.29, 0.717) is 22.6 Å². The van der Waals surface area contributed by atoms with Crippen LogP contribution in [0.15, 0.2) is 53.8 Å². The average Bonchev–Trinajstić information content (AvgIpc) is 3.48. The maximum absolute atomic E-state index is 14.6. The van der Waals surface area contributed by atoms with Gasteiger partial charge in [0.2, 0.25) is 15.3 Å². The van der Waals surface area contributed by atoms with Gasteiger partial charge >= 0.3 is 0 Å². The number of benzene rings is 1. The summed E-state index contributed by atoms with van der Waals surface area (Å²) in [7, 11) is -4.51. The van der Waals surface area contributed by atoms with Gasteiger partial charge in [-0.15, -0.1) is 0 Å². The normalized spacial score (nSPS) is 18.1. The van der Waals surface area contributed by atoms with Crippen molar-refractivity contribution < 1.29 is 26.7 Å². The van der Waals surface area contributed by atoms with Crippen molar-refractivity contribution in [1.82, 2.24) is 25.3 Å². The van der Waals surface area contributed by atoms with E-state index in [1.165, 1.54) is 0 Å². The number of alkyl halides is 1. The molecule has 1 fully saturated rings. The number of pyridine rings is 2. The predicted molar refractivity (Wildman–Crippen MR) is 142 cm³/mol. The molecule has 0 bridgehead atoms. The first kappa shape index (κ1) is 26.0. The number of halogens is 2. The SMILES string of the molecule is O=C(NCc1cc2nc(-c3cncc(N4CCCC4)n3)ccc2cn1)c1cc(F)c2c(c1)S(=O)(=O)[C@@H](F)CCO2. The summed E-state index contributed by atoms with van der Waals surface area (Å²) in [6, 6.07) is 7.22. The van der Waals surface area contributed by atoms with E-state index in [-0.39, 0.29) is 18.7 Å². The molecule has 3 aromatic heterocycles. The Hall–Kier alpha value is -4.26. The molecule has 6 rings (SSSR count). The molecule has 1 saturated heterocycles. The summed E-state index contributed by atoms with van der Waals surface area (Å²) in [5.41, 5.74) is -0.166. The molecule has 206 valence electrons. The van der Waals surface area contributed by atoms with E-state index >= 15 is 0 Å². The number of anilines is 1. The van der Waals surface area contributed by atoms with Crippen molar-refractivity contribution in [3.63, 3.8) is 0 Å². The summed E-state index contributed by atoms with van der Waals surface area (Å²) in [6.07, 6.45) is 6.84. The van der Waals surface area contributed by atoms with Gasteiger partial charge in [0.1, 0.15) is 16.4 Å².